The van der Waals surface area contributed by atoms with Gasteiger partial charge in [-0.2, -0.15) is 0 Å². The molecule has 0 fully saturated rings. The topological polar surface area (TPSA) is 21.7 Å². The number of unbranched alkanes of at least 4 members (excludes halogenated alkanes) is 1. The molecule has 0 N–H and O–H groups in total. The lowest BCUT2D eigenvalue weighted by molar-refractivity contribution is -0.717. The Bertz CT molecular complexity index is 516. The number of rotatable bonds is 4. The van der Waals surface area contributed by atoms with E-state index in [4.69, 9.17) is 5.10 Å². The van der Waals surface area contributed by atoms with Crippen LogP contribution in [0.15, 0.2) is 36.7 Å². The molecule has 0 radical (unpaired) electrons. The van der Waals surface area contributed by atoms with Crippen molar-refractivity contribution >= 4 is 0 Å². The molecule has 0 spiro atoms. The van der Waals surface area contributed by atoms with Crippen LogP contribution >= 0.6 is 0 Å². The molecule has 3 heteroatoms. The molecule has 3 nitrogen and oxygen atoms in total. The second-order valence-corrected chi connectivity index (χ2v) is 5.05. The zero-order chi connectivity index (χ0) is 12.4. The zero-order valence-electron chi connectivity index (χ0n) is 10.9. The van der Waals surface area contributed by atoms with Gasteiger partial charge in [-0.3, -0.25) is 0 Å². The molecule has 94 valence electrons. The van der Waals surface area contributed by atoms with E-state index in [1.807, 2.05) is 10.7 Å². The lowest BCUT2D eigenvalue weighted by atomic mass is 10.1. The molecule has 1 aromatic heterocycles. The monoisotopic (exact) mass is 242 g/mol. The highest BCUT2D eigenvalue weighted by Crippen LogP contribution is 2.21. The first-order chi connectivity index (χ1) is 8.88. The highest BCUT2D eigenvalue weighted by atomic mass is 15.4. The first-order valence-corrected chi connectivity index (χ1v) is 6.93. The Balaban J connectivity index is 1.85. The third kappa shape index (κ3) is 2.05. The molecule has 0 amide bonds. The van der Waals surface area contributed by atoms with Crippen molar-refractivity contribution in [1.29, 1.82) is 0 Å². The minimum Gasteiger partial charge on any atom is -0.231 e. The summed E-state index contributed by atoms with van der Waals surface area (Å²) in [5, 5.41) is 4.70. The van der Waals surface area contributed by atoms with Crippen LogP contribution < -0.4 is 4.57 Å². The van der Waals surface area contributed by atoms with Gasteiger partial charge in [-0.05, 0) is 25.0 Å². The molecule has 1 aliphatic rings. The Morgan fingerprint density at radius 3 is 2.94 bits per heavy atom. The Hall–Kier alpha value is -1.64. The maximum absolute atomic E-state index is 4.70. The molecule has 2 aromatic rings. The number of fused-ring (bicyclic) bond motifs is 1. The Kier molecular flexibility index (Phi) is 3.13. The molecule has 1 aromatic carbocycles. The second-order valence-electron chi connectivity index (χ2n) is 5.05. The van der Waals surface area contributed by atoms with E-state index in [9.17, 15) is 0 Å². The van der Waals surface area contributed by atoms with Gasteiger partial charge in [0, 0.05) is 11.5 Å². The van der Waals surface area contributed by atoms with Crippen LogP contribution in [0, 0.1) is 0 Å². The maximum atomic E-state index is 4.70. The molecular formula is C15H20N3+. The van der Waals surface area contributed by atoms with E-state index in [0.29, 0.717) is 6.04 Å². The predicted molar refractivity (Wildman–Crippen MR) is 70.6 cm³/mol. The molecule has 0 saturated carbocycles. The summed E-state index contributed by atoms with van der Waals surface area (Å²) in [6, 6.07) is 11.0. The number of aromatic nitrogens is 3. The highest BCUT2D eigenvalue weighted by Gasteiger charge is 2.30. The number of aryl methyl sites for hydroxylation is 1. The molecule has 1 aliphatic heterocycles. The lowest BCUT2D eigenvalue weighted by Gasteiger charge is -2.06. The fraction of sp³-hybridized carbons (Fsp3) is 0.467. The second kappa shape index (κ2) is 4.92. The highest BCUT2D eigenvalue weighted by molar-refractivity contribution is 5.28. The first-order valence-electron chi connectivity index (χ1n) is 6.93. The summed E-state index contributed by atoms with van der Waals surface area (Å²) in [6.07, 6.45) is 8.42. The molecule has 2 heterocycles. The van der Waals surface area contributed by atoms with Crippen LogP contribution in [0.25, 0.3) is 5.69 Å². The van der Waals surface area contributed by atoms with Crippen LogP contribution in [0.5, 0.6) is 0 Å². The van der Waals surface area contributed by atoms with Crippen LogP contribution in [0.3, 0.4) is 0 Å². The van der Waals surface area contributed by atoms with Crippen molar-refractivity contribution in [2.45, 2.75) is 45.1 Å². The van der Waals surface area contributed by atoms with E-state index in [1.54, 1.807) is 0 Å². The van der Waals surface area contributed by atoms with Crippen molar-refractivity contribution < 1.29 is 4.57 Å². The van der Waals surface area contributed by atoms with Gasteiger partial charge in [0.15, 0.2) is 0 Å². The maximum Gasteiger partial charge on any atom is 0.278 e. The Morgan fingerprint density at radius 1 is 1.33 bits per heavy atom. The number of hydrogen-bond acceptors (Lipinski definition) is 1. The van der Waals surface area contributed by atoms with Crippen molar-refractivity contribution in [1.82, 2.24) is 9.78 Å². The van der Waals surface area contributed by atoms with E-state index in [1.165, 1.54) is 31.5 Å². The summed E-state index contributed by atoms with van der Waals surface area (Å²) in [5.41, 5.74) is 1.15. The standard InChI is InChI=1S/C15H20N3/c1-2-3-7-13-10-11-15-16-18(12-17(13)15)14-8-5-4-6-9-14/h4-6,8-9,12-13H,2-3,7,10-11H2,1H3/q+1/t13-/m0/s1. The van der Waals surface area contributed by atoms with E-state index >= 15 is 0 Å². The van der Waals surface area contributed by atoms with E-state index in [-0.39, 0.29) is 0 Å². The number of nitrogens with zero attached hydrogens (tertiary/aromatic N) is 3. The molecular weight excluding hydrogens is 222 g/mol. The fourth-order valence-electron chi connectivity index (χ4n) is 2.73. The molecule has 18 heavy (non-hydrogen) atoms. The summed E-state index contributed by atoms with van der Waals surface area (Å²) in [6.45, 7) is 2.26. The minimum absolute atomic E-state index is 0.664. The number of benzene rings is 1. The van der Waals surface area contributed by atoms with Gasteiger partial charge in [-0.25, -0.2) is 4.57 Å². The fourth-order valence-corrected chi connectivity index (χ4v) is 2.73. The van der Waals surface area contributed by atoms with Crippen molar-refractivity contribution in [3.8, 4) is 5.69 Å². The van der Waals surface area contributed by atoms with Gasteiger partial charge < -0.3 is 0 Å². The molecule has 0 bridgehead atoms. The Labute approximate surface area is 108 Å². The van der Waals surface area contributed by atoms with Crippen LogP contribution in [0.2, 0.25) is 0 Å². The van der Waals surface area contributed by atoms with Crippen LogP contribution in [0.1, 0.15) is 44.5 Å². The van der Waals surface area contributed by atoms with E-state index in [2.05, 4.69) is 42.1 Å². The number of para-hydroxylation sites is 1. The van der Waals surface area contributed by atoms with Crippen LogP contribution in [-0.2, 0) is 6.42 Å². The largest absolute Gasteiger partial charge is 0.278 e. The molecule has 1 atom stereocenters. The third-order valence-electron chi connectivity index (χ3n) is 3.76. The summed E-state index contributed by atoms with van der Waals surface area (Å²) in [5.74, 6) is 1.24. The van der Waals surface area contributed by atoms with E-state index in [0.717, 1.165) is 12.1 Å². The first kappa shape index (κ1) is 11.5. The van der Waals surface area contributed by atoms with E-state index < -0.39 is 0 Å². The van der Waals surface area contributed by atoms with Crippen molar-refractivity contribution in [3.05, 3.63) is 42.5 Å². The summed E-state index contributed by atoms with van der Waals surface area (Å²) < 4.78 is 4.39. The summed E-state index contributed by atoms with van der Waals surface area (Å²) in [7, 11) is 0. The molecule has 0 unspecified atom stereocenters. The molecule has 0 aliphatic carbocycles. The lowest BCUT2D eigenvalue weighted by Crippen LogP contribution is -2.36. The van der Waals surface area contributed by atoms with Crippen LogP contribution in [0.4, 0.5) is 0 Å². The normalized spacial score (nSPS) is 17.9. The van der Waals surface area contributed by atoms with Gasteiger partial charge >= 0.3 is 0 Å². The van der Waals surface area contributed by atoms with Gasteiger partial charge in [-0.15, -0.1) is 0 Å². The molecule has 0 saturated heterocycles. The average molecular weight is 242 g/mol. The van der Waals surface area contributed by atoms with Gasteiger partial charge in [0.2, 0.25) is 6.33 Å². The Morgan fingerprint density at radius 2 is 2.17 bits per heavy atom. The summed E-state index contributed by atoms with van der Waals surface area (Å²) in [4.78, 5) is 0. The van der Waals surface area contributed by atoms with Crippen LogP contribution in [-0.4, -0.2) is 9.78 Å². The van der Waals surface area contributed by atoms with Crippen molar-refractivity contribution in [2.75, 3.05) is 0 Å². The quantitative estimate of drug-likeness (QED) is 0.756. The van der Waals surface area contributed by atoms with Crippen molar-refractivity contribution in [3.63, 3.8) is 0 Å². The van der Waals surface area contributed by atoms with Gasteiger partial charge in [0.1, 0.15) is 5.69 Å². The third-order valence-corrected chi connectivity index (χ3v) is 3.76. The average Bonchev–Trinajstić information content (AvgIpc) is 2.98. The van der Waals surface area contributed by atoms with Gasteiger partial charge in [-0.1, -0.05) is 42.6 Å². The predicted octanol–water partition coefficient (Wildman–Crippen LogP) is 2.84. The minimum atomic E-state index is 0.664. The summed E-state index contributed by atoms with van der Waals surface area (Å²) >= 11 is 0. The van der Waals surface area contributed by atoms with Gasteiger partial charge in [0.25, 0.3) is 5.82 Å². The smallest absolute Gasteiger partial charge is 0.231 e. The SMILES string of the molecule is CCCC[C@H]1CCc2nn(-c3ccccc3)c[n+]21. The zero-order valence-corrected chi connectivity index (χ0v) is 10.9. The molecule has 3 rings (SSSR count). The number of hydrogen-bond donors (Lipinski definition) is 0. The van der Waals surface area contributed by atoms with Gasteiger partial charge in [0.05, 0.1) is 6.04 Å². The van der Waals surface area contributed by atoms with Crippen molar-refractivity contribution in [2.24, 2.45) is 0 Å².